The van der Waals surface area contributed by atoms with Gasteiger partial charge < -0.3 is 14.6 Å². The van der Waals surface area contributed by atoms with Gasteiger partial charge in [0.1, 0.15) is 5.75 Å². The normalized spacial score (nSPS) is 10.5. The fraction of sp³-hybridized carbons (Fsp3) is 0.312. The van der Waals surface area contributed by atoms with Crippen molar-refractivity contribution in [3.05, 3.63) is 41.0 Å². The lowest BCUT2D eigenvalue weighted by Crippen LogP contribution is -1.96. The topological polar surface area (TPSA) is 51.6 Å². The summed E-state index contributed by atoms with van der Waals surface area (Å²) in [7, 11) is 3.21. The quantitative estimate of drug-likeness (QED) is 0.889. The molecule has 0 aliphatic rings. The molecule has 5 heteroatoms. The summed E-state index contributed by atoms with van der Waals surface area (Å²) >= 11 is 6.02. The first-order chi connectivity index (χ1) is 10.2. The lowest BCUT2D eigenvalue weighted by Gasteiger charge is -2.12. The van der Waals surface area contributed by atoms with Crippen LogP contribution in [0.25, 0.3) is 11.1 Å². The number of aryl methyl sites for hydroxylation is 1. The molecule has 1 aromatic carbocycles. The van der Waals surface area contributed by atoms with E-state index in [1.165, 1.54) is 0 Å². The molecule has 0 spiro atoms. The number of nitrogens with zero attached hydrogens (tertiary/aromatic N) is 1. The Morgan fingerprint density at radius 3 is 2.67 bits per heavy atom. The number of methoxy groups -OCH3 is 2. The van der Waals surface area contributed by atoms with Crippen LogP contribution >= 0.6 is 11.6 Å². The summed E-state index contributed by atoms with van der Waals surface area (Å²) in [4.78, 5) is 4.17. The van der Waals surface area contributed by atoms with Crippen LogP contribution in [0.1, 0.15) is 12.0 Å². The van der Waals surface area contributed by atoms with Gasteiger partial charge in [0.2, 0.25) is 5.88 Å². The standard InChI is InChI=1S/C16H18ClNO3/c1-20-15-8-12(6-5-11(15)4-3-7-19)14-9-13(17)10-18-16(14)21-2/h5-6,8-10,19H,3-4,7H2,1-2H3. The molecule has 2 aromatic rings. The van der Waals surface area contributed by atoms with Crippen molar-refractivity contribution in [2.24, 2.45) is 0 Å². The molecule has 0 saturated heterocycles. The second-order valence-electron chi connectivity index (χ2n) is 4.56. The van der Waals surface area contributed by atoms with E-state index in [0.29, 0.717) is 17.3 Å². The number of ether oxygens (including phenoxy) is 2. The summed E-state index contributed by atoms with van der Waals surface area (Å²) in [6.07, 6.45) is 3.03. The summed E-state index contributed by atoms with van der Waals surface area (Å²) in [5, 5.41) is 9.49. The fourth-order valence-electron chi connectivity index (χ4n) is 2.18. The molecule has 0 radical (unpaired) electrons. The van der Waals surface area contributed by atoms with Crippen molar-refractivity contribution in [2.45, 2.75) is 12.8 Å². The summed E-state index contributed by atoms with van der Waals surface area (Å²) in [5.41, 5.74) is 2.80. The average Bonchev–Trinajstić information content (AvgIpc) is 2.52. The molecule has 0 fully saturated rings. The molecule has 0 amide bonds. The van der Waals surface area contributed by atoms with Crippen LogP contribution in [0.15, 0.2) is 30.5 Å². The van der Waals surface area contributed by atoms with Gasteiger partial charge >= 0.3 is 0 Å². The number of pyridine rings is 1. The molecule has 4 nitrogen and oxygen atoms in total. The zero-order valence-corrected chi connectivity index (χ0v) is 12.9. The van der Waals surface area contributed by atoms with Gasteiger partial charge in [0, 0.05) is 18.4 Å². The van der Waals surface area contributed by atoms with Gasteiger partial charge in [0.25, 0.3) is 0 Å². The van der Waals surface area contributed by atoms with Gasteiger partial charge in [0.05, 0.1) is 19.2 Å². The van der Waals surface area contributed by atoms with Crippen molar-refractivity contribution in [1.29, 1.82) is 0 Å². The lowest BCUT2D eigenvalue weighted by atomic mass is 10.0. The second kappa shape index (κ2) is 7.29. The van der Waals surface area contributed by atoms with Crippen LogP contribution in [-0.4, -0.2) is 30.9 Å². The maximum atomic E-state index is 8.94. The highest BCUT2D eigenvalue weighted by Gasteiger charge is 2.11. The van der Waals surface area contributed by atoms with Gasteiger partial charge in [0.15, 0.2) is 0 Å². The minimum atomic E-state index is 0.164. The zero-order valence-electron chi connectivity index (χ0n) is 12.1. The Morgan fingerprint density at radius 2 is 2.00 bits per heavy atom. The van der Waals surface area contributed by atoms with Crippen molar-refractivity contribution in [2.75, 3.05) is 20.8 Å². The Labute approximate surface area is 129 Å². The lowest BCUT2D eigenvalue weighted by molar-refractivity contribution is 0.287. The van der Waals surface area contributed by atoms with Gasteiger partial charge in [-0.15, -0.1) is 0 Å². The van der Waals surface area contributed by atoms with Crippen LogP contribution in [-0.2, 0) is 6.42 Å². The van der Waals surface area contributed by atoms with Crippen LogP contribution in [0, 0.1) is 0 Å². The molecular formula is C16H18ClNO3. The highest BCUT2D eigenvalue weighted by atomic mass is 35.5. The molecule has 1 heterocycles. The minimum Gasteiger partial charge on any atom is -0.496 e. The molecule has 0 aliphatic heterocycles. The van der Waals surface area contributed by atoms with E-state index in [0.717, 1.165) is 28.9 Å². The Morgan fingerprint density at radius 1 is 1.19 bits per heavy atom. The van der Waals surface area contributed by atoms with E-state index in [1.54, 1.807) is 20.4 Å². The number of hydrogen-bond acceptors (Lipinski definition) is 4. The van der Waals surface area contributed by atoms with Crippen molar-refractivity contribution >= 4 is 11.6 Å². The van der Waals surface area contributed by atoms with E-state index in [1.807, 2.05) is 24.3 Å². The van der Waals surface area contributed by atoms with Crippen molar-refractivity contribution < 1.29 is 14.6 Å². The van der Waals surface area contributed by atoms with E-state index in [2.05, 4.69) is 4.98 Å². The van der Waals surface area contributed by atoms with Gasteiger partial charge in [-0.3, -0.25) is 0 Å². The largest absolute Gasteiger partial charge is 0.496 e. The molecule has 0 saturated carbocycles. The third-order valence-corrected chi connectivity index (χ3v) is 3.42. The molecular weight excluding hydrogens is 290 g/mol. The van der Waals surface area contributed by atoms with Crippen LogP contribution in [0.5, 0.6) is 11.6 Å². The van der Waals surface area contributed by atoms with E-state index >= 15 is 0 Å². The molecule has 21 heavy (non-hydrogen) atoms. The summed E-state index contributed by atoms with van der Waals surface area (Å²) in [5.74, 6) is 1.30. The Kier molecular flexibility index (Phi) is 5.42. The molecule has 0 atom stereocenters. The summed E-state index contributed by atoms with van der Waals surface area (Å²) in [6.45, 7) is 0.164. The van der Waals surface area contributed by atoms with E-state index in [-0.39, 0.29) is 6.61 Å². The third kappa shape index (κ3) is 3.65. The first-order valence-electron chi connectivity index (χ1n) is 6.67. The SMILES string of the molecule is COc1cc(-c2cc(Cl)cnc2OC)ccc1CCCO. The minimum absolute atomic E-state index is 0.164. The zero-order chi connectivity index (χ0) is 15.2. The molecule has 0 aliphatic carbocycles. The maximum Gasteiger partial charge on any atom is 0.221 e. The van der Waals surface area contributed by atoms with Gasteiger partial charge in [-0.05, 0) is 36.1 Å². The number of rotatable bonds is 6. The first-order valence-corrected chi connectivity index (χ1v) is 7.05. The Hall–Kier alpha value is -1.78. The average molecular weight is 308 g/mol. The molecule has 1 N–H and O–H groups in total. The number of hydrogen-bond donors (Lipinski definition) is 1. The number of aliphatic hydroxyl groups excluding tert-OH is 1. The van der Waals surface area contributed by atoms with Gasteiger partial charge in [-0.25, -0.2) is 4.98 Å². The Balaban J connectivity index is 2.43. The first kappa shape index (κ1) is 15.6. The van der Waals surface area contributed by atoms with Crippen LogP contribution in [0.3, 0.4) is 0 Å². The molecule has 112 valence electrons. The van der Waals surface area contributed by atoms with E-state index in [9.17, 15) is 0 Å². The molecule has 0 bridgehead atoms. The highest BCUT2D eigenvalue weighted by Crippen LogP contribution is 2.34. The second-order valence-corrected chi connectivity index (χ2v) is 5.00. The summed E-state index contributed by atoms with van der Waals surface area (Å²) < 4.78 is 10.7. The van der Waals surface area contributed by atoms with Gasteiger partial charge in [-0.2, -0.15) is 0 Å². The van der Waals surface area contributed by atoms with Crippen molar-refractivity contribution in [1.82, 2.24) is 4.98 Å². The van der Waals surface area contributed by atoms with Crippen molar-refractivity contribution in [3.63, 3.8) is 0 Å². The monoisotopic (exact) mass is 307 g/mol. The van der Waals surface area contributed by atoms with E-state index in [4.69, 9.17) is 26.2 Å². The molecule has 1 aromatic heterocycles. The highest BCUT2D eigenvalue weighted by molar-refractivity contribution is 6.30. The number of aromatic nitrogens is 1. The fourth-order valence-corrected chi connectivity index (χ4v) is 2.34. The number of halogens is 1. The molecule has 2 rings (SSSR count). The van der Waals surface area contributed by atoms with Crippen molar-refractivity contribution in [3.8, 4) is 22.8 Å². The maximum absolute atomic E-state index is 8.94. The number of benzene rings is 1. The summed E-state index contributed by atoms with van der Waals surface area (Å²) in [6, 6.07) is 7.72. The molecule has 0 unspecified atom stereocenters. The predicted octanol–water partition coefficient (Wildman–Crippen LogP) is 3.34. The Bertz CT molecular complexity index is 616. The van der Waals surface area contributed by atoms with E-state index < -0.39 is 0 Å². The van der Waals surface area contributed by atoms with Gasteiger partial charge in [-0.1, -0.05) is 23.7 Å². The van der Waals surface area contributed by atoms with Crippen LogP contribution in [0.2, 0.25) is 5.02 Å². The number of aliphatic hydroxyl groups is 1. The smallest absolute Gasteiger partial charge is 0.221 e. The van der Waals surface area contributed by atoms with Crippen LogP contribution in [0.4, 0.5) is 0 Å². The predicted molar refractivity (Wildman–Crippen MR) is 83.2 cm³/mol. The van der Waals surface area contributed by atoms with Crippen LogP contribution < -0.4 is 9.47 Å². The third-order valence-electron chi connectivity index (χ3n) is 3.21.